The molecule has 0 saturated heterocycles. The fourth-order valence-corrected chi connectivity index (χ4v) is 2.73. The van der Waals surface area contributed by atoms with Crippen LogP contribution in [0.3, 0.4) is 0 Å². The Morgan fingerprint density at radius 3 is 2.60 bits per heavy atom. The zero-order valence-corrected chi connectivity index (χ0v) is 13.6. The van der Waals surface area contributed by atoms with E-state index in [2.05, 4.69) is 32.5 Å². The Hall–Kier alpha value is -1.34. The number of thioether (sulfide) groups is 1. The molecule has 0 aliphatic heterocycles. The Bertz CT molecular complexity index is 555. The van der Waals surface area contributed by atoms with E-state index in [4.69, 9.17) is 0 Å². The van der Waals surface area contributed by atoms with Crippen molar-refractivity contribution in [1.29, 1.82) is 0 Å². The van der Waals surface area contributed by atoms with Crippen molar-refractivity contribution in [2.75, 3.05) is 23.4 Å². The quantitative estimate of drug-likeness (QED) is 0.604. The summed E-state index contributed by atoms with van der Waals surface area (Å²) in [7, 11) is 0. The first kappa shape index (κ1) is 15.1. The minimum absolute atomic E-state index is 0.740. The highest BCUT2D eigenvalue weighted by atomic mass is 32.2. The van der Waals surface area contributed by atoms with Crippen molar-refractivity contribution < 1.29 is 0 Å². The number of aromatic nitrogens is 3. The molecule has 2 aromatic heterocycles. The average Bonchev–Trinajstić information content (AvgIpc) is 2.88. The molecule has 2 aromatic rings. The van der Waals surface area contributed by atoms with Crippen LogP contribution in [0.1, 0.15) is 23.2 Å². The molecule has 5 nitrogen and oxygen atoms in total. The van der Waals surface area contributed by atoms with Crippen LogP contribution in [0.2, 0.25) is 0 Å². The smallest absolute Gasteiger partial charge is 0.191 e. The first-order valence-electron chi connectivity index (χ1n) is 6.53. The molecule has 7 heteroatoms. The number of anilines is 2. The lowest BCUT2D eigenvalue weighted by molar-refractivity contribution is 0.922. The molecule has 0 atom stereocenters. The molecular weight excluding hydrogens is 290 g/mol. The third kappa shape index (κ3) is 4.35. The van der Waals surface area contributed by atoms with Crippen LogP contribution in [0.15, 0.2) is 17.4 Å². The number of aryl methyl sites for hydroxylation is 1. The topological polar surface area (TPSA) is 62.7 Å². The van der Waals surface area contributed by atoms with E-state index < -0.39 is 0 Å². The molecular formula is C13H19N5S2. The Labute approximate surface area is 127 Å². The lowest BCUT2D eigenvalue weighted by Gasteiger charge is -2.09. The molecule has 2 rings (SSSR count). The average molecular weight is 309 g/mol. The maximum absolute atomic E-state index is 4.47. The van der Waals surface area contributed by atoms with Crippen LogP contribution in [-0.4, -0.2) is 27.8 Å². The molecule has 0 aliphatic carbocycles. The third-order valence-corrected chi connectivity index (χ3v) is 4.02. The van der Waals surface area contributed by atoms with Gasteiger partial charge >= 0.3 is 0 Å². The summed E-state index contributed by atoms with van der Waals surface area (Å²) in [6.45, 7) is 5.80. The van der Waals surface area contributed by atoms with Gasteiger partial charge in [-0.3, -0.25) is 0 Å². The van der Waals surface area contributed by atoms with Crippen molar-refractivity contribution in [1.82, 2.24) is 15.0 Å². The van der Waals surface area contributed by atoms with Gasteiger partial charge in [0.05, 0.1) is 11.6 Å². The zero-order valence-electron chi connectivity index (χ0n) is 11.9. The number of nitrogens with one attached hydrogen (secondary N) is 2. The van der Waals surface area contributed by atoms with Crippen molar-refractivity contribution >= 4 is 34.7 Å². The molecule has 2 N–H and O–H groups in total. The second-order valence-corrected chi connectivity index (χ2v) is 6.34. The lowest BCUT2D eigenvalue weighted by Crippen LogP contribution is -2.06. The van der Waals surface area contributed by atoms with Crippen molar-refractivity contribution in [3.8, 4) is 0 Å². The number of hydrogen-bond acceptors (Lipinski definition) is 7. The Kier molecular flexibility index (Phi) is 5.60. The highest BCUT2D eigenvalue weighted by Crippen LogP contribution is 2.19. The van der Waals surface area contributed by atoms with Gasteiger partial charge in [-0.25, -0.2) is 15.0 Å². The van der Waals surface area contributed by atoms with Gasteiger partial charge in [-0.05, 0) is 19.6 Å². The predicted octanol–water partition coefficient (Wildman–Crippen LogP) is 3.40. The predicted molar refractivity (Wildman–Crippen MR) is 86.8 cm³/mol. The lowest BCUT2D eigenvalue weighted by atomic mass is 10.4. The summed E-state index contributed by atoms with van der Waals surface area (Å²) in [4.78, 5) is 14.4. The largest absolute Gasteiger partial charge is 0.370 e. The van der Waals surface area contributed by atoms with Gasteiger partial charge < -0.3 is 10.6 Å². The van der Waals surface area contributed by atoms with Crippen LogP contribution in [0.5, 0.6) is 0 Å². The molecule has 0 radical (unpaired) electrons. The van der Waals surface area contributed by atoms with Crippen LogP contribution in [-0.2, 0) is 6.54 Å². The summed E-state index contributed by atoms with van der Waals surface area (Å²) in [6, 6.07) is 1.95. The normalized spacial score (nSPS) is 10.6. The molecule has 108 valence electrons. The maximum atomic E-state index is 4.47. The monoisotopic (exact) mass is 309 g/mol. The van der Waals surface area contributed by atoms with Gasteiger partial charge in [-0.2, -0.15) is 0 Å². The van der Waals surface area contributed by atoms with Gasteiger partial charge in [0.25, 0.3) is 0 Å². The summed E-state index contributed by atoms with van der Waals surface area (Å²) in [5.74, 6) is 1.71. The van der Waals surface area contributed by atoms with Crippen molar-refractivity contribution in [3.05, 3.63) is 22.1 Å². The first-order valence-corrected chi connectivity index (χ1v) is 8.57. The van der Waals surface area contributed by atoms with Gasteiger partial charge in [0.1, 0.15) is 11.6 Å². The van der Waals surface area contributed by atoms with Gasteiger partial charge in [-0.15, -0.1) is 11.3 Å². The Morgan fingerprint density at radius 1 is 1.25 bits per heavy atom. The SMILES string of the molecule is CCCNc1cc(NCc2cnc(C)s2)nc(SC)n1. The third-order valence-electron chi connectivity index (χ3n) is 2.56. The van der Waals surface area contributed by atoms with E-state index in [0.717, 1.165) is 41.3 Å². The Balaban J connectivity index is 2.05. The summed E-state index contributed by atoms with van der Waals surface area (Å²) >= 11 is 3.24. The second kappa shape index (κ2) is 7.44. The Morgan fingerprint density at radius 2 is 2.00 bits per heavy atom. The highest BCUT2D eigenvalue weighted by Gasteiger charge is 2.04. The molecule has 0 unspecified atom stereocenters. The van der Waals surface area contributed by atoms with E-state index in [1.807, 2.05) is 25.4 Å². The first-order chi connectivity index (χ1) is 9.71. The summed E-state index contributed by atoms with van der Waals surface area (Å²) < 4.78 is 0. The molecule has 0 aliphatic rings. The molecule has 0 fully saturated rings. The van der Waals surface area contributed by atoms with Crippen LogP contribution in [0, 0.1) is 6.92 Å². The van der Waals surface area contributed by atoms with E-state index in [0.29, 0.717) is 0 Å². The van der Waals surface area contributed by atoms with Gasteiger partial charge in [0.2, 0.25) is 0 Å². The van der Waals surface area contributed by atoms with E-state index in [9.17, 15) is 0 Å². The van der Waals surface area contributed by atoms with Crippen molar-refractivity contribution in [2.24, 2.45) is 0 Å². The standard InChI is InChI=1S/C13H19N5S2/c1-4-5-14-11-6-12(18-13(17-11)19-3)16-8-10-7-15-9(2)20-10/h6-7H,4-5,8H2,1-3H3,(H2,14,16,17,18). The summed E-state index contributed by atoms with van der Waals surface area (Å²) in [5.41, 5.74) is 0. The fraction of sp³-hybridized carbons (Fsp3) is 0.462. The summed E-state index contributed by atoms with van der Waals surface area (Å²) in [6.07, 6.45) is 4.96. The van der Waals surface area contributed by atoms with E-state index in [1.165, 1.54) is 4.88 Å². The van der Waals surface area contributed by atoms with Crippen LogP contribution in [0.4, 0.5) is 11.6 Å². The molecule has 2 heterocycles. The molecule has 0 spiro atoms. The molecule has 0 bridgehead atoms. The number of thiazole rings is 1. The van der Waals surface area contributed by atoms with Crippen LogP contribution < -0.4 is 10.6 Å². The molecule has 0 aromatic carbocycles. The molecule has 0 amide bonds. The second-order valence-electron chi connectivity index (χ2n) is 4.25. The number of rotatable bonds is 7. The van der Waals surface area contributed by atoms with Gasteiger partial charge in [0.15, 0.2) is 5.16 Å². The van der Waals surface area contributed by atoms with E-state index >= 15 is 0 Å². The van der Waals surface area contributed by atoms with Gasteiger partial charge in [0, 0.05) is 23.7 Å². The van der Waals surface area contributed by atoms with Crippen molar-refractivity contribution in [2.45, 2.75) is 32.0 Å². The zero-order chi connectivity index (χ0) is 14.4. The highest BCUT2D eigenvalue weighted by molar-refractivity contribution is 7.98. The molecule has 20 heavy (non-hydrogen) atoms. The molecule has 0 saturated carbocycles. The van der Waals surface area contributed by atoms with E-state index in [1.54, 1.807) is 23.1 Å². The van der Waals surface area contributed by atoms with Crippen molar-refractivity contribution in [3.63, 3.8) is 0 Å². The van der Waals surface area contributed by atoms with Crippen LogP contribution in [0.25, 0.3) is 0 Å². The number of nitrogens with zero attached hydrogens (tertiary/aromatic N) is 3. The summed E-state index contributed by atoms with van der Waals surface area (Å²) in [5, 5.41) is 8.48. The fourth-order valence-electron chi connectivity index (χ4n) is 1.62. The van der Waals surface area contributed by atoms with Gasteiger partial charge in [-0.1, -0.05) is 18.7 Å². The maximum Gasteiger partial charge on any atom is 0.191 e. The van der Waals surface area contributed by atoms with Crippen LogP contribution >= 0.6 is 23.1 Å². The van der Waals surface area contributed by atoms with E-state index in [-0.39, 0.29) is 0 Å². The minimum atomic E-state index is 0.740. The minimum Gasteiger partial charge on any atom is -0.370 e. The number of hydrogen-bond donors (Lipinski definition) is 2.